The van der Waals surface area contributed by atoms with Gasteiger partial charge in [-0.3, -0.25) is 9.59 Å². The van der Waals surface area contributed by atoms with Gasteiger partial charge in [0.25, 0.3) is 5.91 Å². The second-order valence-electron chi connectivity index (χ2n) is 7.54. The number of carbonyl (C=O) groups excluding carboxylic acids is 2. The van der Waals surface area contributed by atoms with E-state index in [-0.39, 0.29) is 24.0 Å². The van der Waals surface area contributed by atoms with Crippen molar-refractivity contribution in [1.29, 1.82) is 0 Å². The van der Waals surface area contributed by atoms with Crippen molar-refractivity contribution in [3.63, 3.8) is 0 Å². The van der Waals surface area contributed by atoms with E-state index >= 15 is 0 Å². The smallest absolute Gasteiger partial charge is 0.253 e. The van der Waals surface area contributed by atoms with E-state index in [1.54, 1.807) is 13.1 Å². The lowest BCUT2D eigenvalue weighted by Gasteiger charge is -2.26. The van der Waals surface area contributed by atoms with Gasteiger partial charge < -0.3 is 25.0 Å². The molecule has 2 amide bonds. The van der Waals surface area contributed by atoms with Gasteiger partial charge in [-0.05, 0) is 43.5 Å². The van der Waals surface area contributed by atoms with Crippen molar-refractivity contribution in [2.45, 2.75) is 45.4 Å². The van der Waals surface area contributed by atoms with Crippen molar-refractivity contribution in [1.82, 2.24) is 15.5 Å². The average molecular weight is 414 g/mol. The molecule has 0 bridgehead atoms. The molecule has 2 atom stereocenters. The summed E-state index contributed by atoms with van der Waals surface area (Å²) in [4.78, 5) is 27.0. The molecule has 0 radical (unpaired) electrons. The normalized spacial score (nSPS) is 20.2. The highest BCUT2D eigenvalue weighted by Crippen LogP contribution is 2.26. The van der Waals surface area contributed by atoms with Crippen LogP contribution in [0.5, 0.6) is 5.75 Å². The second kappa shape index (κ2) is 10.3. The number of hydrogen-bond donors (Lipinski definition) is 2. The molecule has 0 saturated heterocycles. The first-order chi connectivity index (χ1) is 14.5. The Morgan fingerprint density at radius 3 is 2.80 bits per heavy atom. The largest absolute Gasteiger partial charge is 0.494 e. The maximum atomic E-state index is 12.8. The Morgan fingerprint density at radius 1 is 1.23 bits per heavy atom. The molecular formula is C23H31N3O4. The van der Waals surface area contributed by atoms with Gasteiger partial charge in [0.15, 0.2) is 0 Å². The topological polar surface area (TPSA) is 79.9 Å². The lowest BCUT2D eigenvalue weighted by Crippen LogP contribution is -2.35. The van der Waals surface area contributed by atoms with E-state index in [9.17, 15) is 9.59 Å². The van der Waals surface area contributed by atoms with E-state index < -0.39 is 0 Å². The van der Waals surface area contributed by atoms with Gasteiger partial charge in [0.05, 0.1) is 24.3 Å². The lowest BCUT2D eigenvalue weighted by molar-refractivity contribution is -0.117. The van der Waals surface area contributed by atoms with Crippen LogP contribution in [-0.2, 0) is 20.9 Å². The Bertz CT molecular complexity index is 833. The Kier molecular flexibility index (Phi) is 7.52. The van der Waals surface area contributed by atoms with Crippen LogP contribution < -0.4 is 15.4 Å². The Labute approximate surface area is 178 Å². The van der Waals surface area contributed by atoms with Crippen LogP contribution >= 0.6 is 0 Å². The minimum absolute atomic E-state index is 0.0398. The third-order valence-electron chi connectivity index (χ3n) is 4.99. The molecule has 1 aromatic rings. The van der Waals surface area contributed by atoms with Crippen LogP contribution in [0.3, 0.4) is 0 Å². The van der Waals surface area contributed by atoms with Gasteiger partial charge in [0.1, 0.15) is 5.75 Å². The number of nitrogens with zero attached hydrogens (tertiary/aromatic N) is 1. The highest BCUT2D eigenvalue weighted by Gasteiger charge is 2.39. The maximum Gasteiger partial charge on any atom is 0.253 e. The maximum absolute atomic E-state index is 12.8. The van der Waals surface area contributed by atoms with Crippen LogP contribution in [0.25, 0.3) is 0 Å². The van der Waals surface area contributed by atoms with E-state index in [1.807, 2.05) is 42.3 Å². The van der Waals surface area contributed by atoms with Gasteiger partial charge in [-0.2, -0.15) is 0 Å². The van der Waals surface area contributed by atoms with Crippen molar-refractivity contribution in [3.05, 3.63) is 53.3 Å². The van der Waals surface area contributed by atoms with Crippen molar-refractivity contribution in [2.75, 3.05) is 26.8 Å². The lowest BCUT2D eigenvalue weighted by atomic mass is 10.1. The fourth-order valence-corrected chi connectivity index (χ4v) is 3.42. The third kappa shape index (κ3) is 5.86. The highest BCUT2D eigenvalue weighted by atomic mass is 16.5. The van der Waals surface area contributed by atoms with Gasteiger partial charge in [-0.1, -0.05) is 19.1 Å². The minimum Gasteiger partial charge on any atom is -0.494 e. The summed E-state index contributed by atoms with van der Waals surface area (Å²) < 4.78 is 11.2. The molecule has 162 valence electrons. The molecule has 1 saturated carbocycles. The fraction of sp³-hybridized carbons (Fsp3) is 0.478. The monoisotopic (exact) mass is 413 g/mol. The summed E-state index contributed by atoms with van der Waals surface area (Å²) in [6, 6.07) is 7.94. The van der Waals surface area contributed by atoms with Crippen LogP contribution in [0.2, 0.25) is 0 Å². The summed E-state index contributed by atoms with van der Waals surface area (Å²) in [5.41, 5.74) is 2.08. The zero-order valence-electron chi connectivity index (χ0n) is 17.9. The molecule has 7 nitrogen and oxygen atoms in total. The van der Waals surface area contributed by atoms with Crippen molar-refractivity contribution < 1.29 is 19.1 Å². The summed E-state index contributed by atoms with van der Waals surface area (Å²) in [6.07, 6.45) is 5.35. The first-order valence-corrected chi connectivity index (χ1v) is 10.6. The van der Waals surface area contributed by atoms with Crippen molar-refractivity contribution in [2.24, 2.45) is 0 Å². The summed E-state index contributed by atoms with van der Waals surface area (Å²) >= 11 is 0. The molecule has 0 spiro atoms. The summed E-state index contributed by atoms with van der Waals surface area (Å²) in [7, 11) is 1.59. The summed E-state index contributed by atoms with van der Waals surface area (Å²) in [5.74, 6) is 0.455. The molecule has 2 aliphatic rings. The van der Waals surface area contributed by atoms with Crippen LogP contribution in [0.15, 0.2) is 47.7 Å². The molecule has 2 N–H and O–H groups in total. The molecule has 3 rings (SSSR count). The van der Waals surface area contributed by atoms with Gasteiger partial charge in [-0.15, -0.1) is 0 Å². The van der Waals surface area contributed by atoms with E-state index in [2.05, 4.69) is 17.6 Å². The molecule has 0 unspecified atom stereocenters. The number of likely N-dealkylation sites (N-methyl/N-ethyl adjacent to an activating group) is 1. The van der Waals surface area contributed by atoms with E-state index in [1.165, 1.54) is 0 Å². The Morgan fingerprint density at radius 2 is 2.07 bits per heavy atom. The molecule has 1 fully saturated rings. The van der Waals surface area contributed by atoms with E-state index in [4.69, 9.17) is 9.47 Å². The Hall–Kier alpha value is -2.80. The Balaban J connectivity index is 1.71. The van der Waals surface area contributed by atoms with Gasteiger partial charge in [0.2, 0.25) is 5.91 Å². The van der Waals surface area contributed by atoms with E-state index in [0.29, 0.717) is 37.4 Å². The molecule has 0 aromatic heterocycles. The number of amides is 2. The molecule has 30 heavy (non-hydrogen) atoms. The molecular weight excluding hydrogens is 382 g/mol. The zero-order chi connectivity index (χ0) is 21.5. The summed E-state index contributed by atoms with van der Waals surface area (Å²) in [5, 5.41) is 5.65. The predicted molar refractivity (Wildman–Crippen MR) is 115 cm³/mol. The number of rotatable bonds is 10. The average Bonchev–Trinajstić information content (AvgIpc) is 3.49. The second-order valence-corrected chi connectivity index (χ2v) is 7.54. The third-order valence-corrected chi connectivity index (χ3v) is 4.99. The molecule has 7 heteroatoms. The number of benzene rings is 1. The minimum atomic E-state index is -0.187. The van der Waals surface area contributed by atoms with Gasteiger partial charge in [0, 0.05) is 38.5 Å². The van der Waals surface area contributed by atoms with Crippen LogP contribution in [0.1, 0.15) is 32.3 Å². The van der Waals surface area contributed by atoms with Gasteiger partial charge in [-0.25, -0.2) is 0 Å². The zero-order valence-corrected chi connectivity index (χ0v) is 17.9. The molecule has 1 aliphatic heterocycles. The standard InChI is InChI=1S/C23H31N3O4/c1-4-9-30-19-8-6-7-16(10-19)13-26-14-17(22(27)24-3)11-18(15-26)23(28)25-20-12-21(20)29-5-2/h6-8,10-11,15,20-21H,4-5,9,12-14H2,1-3H3,(H,24,27)(H,25,28)/t20-,21-/m0/s1. The number of nitrogens with one attached hydrogen (secondary N) is 2. The van der Waals surface area contributed by atoms with Crippen LogP contribution in [0.4, 0.5) is 0 Å². The van der Waals surface area contributed by atoms with Crippen molar-refractivity contribution in [3.8, 4) is 5.75 Å². The molecule has 1 aliphatic carbocycles. The molecule has 1 heterocycles. The number of carbonyl (C=O) groups is 2. The number of hydrogen-bond acceptors (Lipinski definition) is 5. The molecule has 1 aromatic carbocycles. The summed E-state index contributed by atoms with van der Waals surface area (Å²) in [6.45, 7) is 6.32. The van der Waals surface area contributed by atoms with Crippen LogP contribution in [0, 0.1) is 0 Å². The fourth-order valence-electron chi connectivity index (χ4n) is 3.42. The van der Waals surface area contributed by atoms with Crippen molar-refractivity contribution >= 4 is 11.8 Å². The van der Waals surface area contributed by atoms with Gasteiger partial charge >= 0.3 is 0 Å². The van der Waals surface area contributed by atoms with E-state index in [0.717, 1.165) is 24.2 Å². The quantitative estimate of drug-likeness (QED) is 0.614. The first-order valence-electron chi connectivity index (χ1n) is 10.6. The number of ether oxygens (including phenoxy) is 2. The highest BCUT2D eigenvalue weighted by molar-refractivity contribution is 6.01. The first kappa shape index (κ1) is 21.9. The SMILES string of the molecule is CCCOc1cccc(CN2C=C(C(=O)N[C@H]3C[C@@H]3OCC)C=C(C(=O)NC)C2)c1. The van der Waals surface area contributed by atoms with Crippen LogP contribution in [-0.4, -0.2) is 55.7 Å². The predicted octanol–water partition coefficient (Wildman–Crippen LogP) is 2.14.